The molecule has 1 heterocycles. The molecule has 1 amide bonds. The molecular formula is C25H30N2O7S. The second-order valence-electron chi connectivity index (χ2n) is 7.80. The normalized spacial score (nSPS) is 17.5. The molecule has 1 fully saturated rings. The van der Waals surface area contributed by atoms with Gasteiger partial charge in [-0.2, -0.15) is 0 Å². The Bertz CT molecular complexity index is 1010. The van der Waals surface area contributed by atoms with Crippen molar-refractivity contribution in [3.05, 3.63) is 61.2 Å². The molecule has 0 aromatic heterocycles. The monoisotopic (exact) mass is 502 g/mol. The Morgan fingerprint density at radius 3 is 2.46 bits per heavy atom. The number of hydrogen-bond acceptors (Lipinski definition) is 8. The topological polar surface area (TPSA) is 123 Å². The van der Waals surface area contributed by atoms with Gasteiger partial charge in [0.15, 0.2) is 5.05 Å². The zero-order valence-corrected chi connectivity index (χ0v) is 20.4. The van der Waals surface area contributed by atoms with E-state index in [1.807, 2.05) is 0 Å². The van der Waals surface area contributed by atoms with Crippen LogP contribution in [-0.2, 0) is 19.1 Å². The highest BCUT2D eigenvalue weighted by Crippen LogP contribution is 2.34. The van der Waals surface area contributed by atoms with Crippen molar-refractivity contribution < 1.29 is 33.7 Å². The number of aliphatic hydroxyl groups excluding tert-OH is 1. The molecule has 3 atom stereocenters. The molecule has 1 unspecified atom stereocenters. The summed E-state index contributed by atoms with van der Waals surface area (Å²) in [5.74, 6) is -3.02. The van der Waals surface area contributed by atoms with Crippen LogP contribution in [0.4, 0.5) is 5.69 Å². The molecule has 9 nitrogen and oxygen atoms in total. The molecule has 35 heavy (non-hydrogen) atoms. The first-order valence-corrected chi connectivity index (χ1v) is 11.4. The highest BCUT2D eigenvalue weighted by Gasteiger charge is 2.41. The van der Waals surface area contributed by atoms with Crippen molar-refractivity contribution >= 4 is 40.8 Å². The van der Waals surface area contributed by atoms with Gasteiger partial charge in [0, 0.05) is 6.54 Å². The minimum atomic E-state index is -1.06. The lowest BCUT2D eigenvalue weighted by Gasteiger charge is -2.20. The van der Waals surface area contributed by atoms with E-state index in [0.717, 1.165) is 0 Å². The maximum Gasteiger partial charge on any atom is 0.340 e. The number of hydrogen-bond donors (Lipinski definition) is 3. The van der Waals surface area contributed by atoms with Crippen LogP contribution >= 0.6 is 12.2 Å². The number of ether oxygens (including phenoxy) is 3. The number of anilines is 1. The second-order valence-corrected chi connectivity index (χ2v) is 8.22. The van der Waals surface area contributed by atoms with Crippen molar-refractivity contribution in [2.75, 3.05) is 31.7 Å². The Balaban J connectivity index is 2.27. The van der Waals surface area contributed by atoms with Gasteiger partial charge in [-0.15, -0.1) is 0 Å². The summed E-state index contributed by atoms with van der Waals surface area (Å²) in [6, 6.07) is 2.50. The summed E-state index contributed by atoms with van der Waals surface area (Å²) in [5, 5.41) is 15.2. The van der Waals surface area contributed by atoms with Crippen molar-refractivity contribution in [1.29, 1.82) is 0 Å². The predicted octanol–water partition coefficient (Wildman–Crippen LogP) is 3.05. The molecular weight excluding hydrogens is 472 g/mol. The lowest BCUT2D eigenvalue weighted by atomic mass is 9.90. The van der Waals surface area contributed by atoms with Crippen LogP contribution in [0.2, 0.25) is 0 Å². The smallest absolute Gasteiger partial charge is 0.340 e. The van der Waals surface area contributed by atoms with Gasteiger partial charge >= 0.3 is 11.9 Å². The van der Waals surface area contributed by atoms with E-state index in [9.17, 15) is 19.5 Å². The fraction of sp³-hybridized carbons (Fsp3) is 0.360. The highest BCUT2D eigenvalue weighted by atomic mass is 32.1. The van der Waals surface area contributed by atoms with Gasteiger partial charge in [-0.25, -0.2) is 4.79 Å². The van der Waals surface area contributed by atoms with E-state index in [1.165, 1.54) is 18.2 Å². The predicted molar refractivity (Wildman–Crippen MR) is 136 cm³/mol. The Kier molecular flexibility index (Phi) is 10.6. The fourth-order valence-corrected chi connectivity index (χ4v) is 3.96. The van der Waals surface area contributed by atoms with Gasteiger partial charge in [0.25, 0.3) is 0 Å². The molecule has 1 saturated heterocycles. The van der Waals surface area contributed by atoms with Gasteiger partial charge in [-0.3, -0.25) is 9.59 Å². The first-order valence-electron chi connectivity index (χ1n) is 10.9. The summed E-state index contributed by atoms with van der Waals surface area (Å²) in [6.45, 7) is 12.8. The van der Waals surface area contributed by atoms with Crippen LogP contribution in [0.3, 0.4) is 0 Å². The molecule has 0 aliphatic carbocycles. The van der Waals surface area contributed by atoms with Crippen molar-refractivity contribution in [2.24, 2.45) is 11.8 Å². The summed E-state index contributed by atoms with van der Waals surface area (Å²) in [6.07, 6.45) is 4.58. The number of benzene rings is 1. The summed E-state index contributed by atoms with van der Waals surface area (Å²) in [7, 11) is 0. The molecule has 1 aromatic carbocycles. The van der Waals surface area contributed by atoms with Gasteiger partial charge in [-0.1, -0.05) is 44.0 Å². The van der Waals surface area contributed by atoms with E-state index in [-0.39, 0.29) is 44.0 Å². The number of esters is 2. The molecule has 10 heteroatoms. The second kappa shape index (κ2) is 13.4. The van der Waals surface area contributed by atoms with Crippen molar-refractivity contribution in [1.82, 2.24) is 5.32 Å². The fourth-order valence-electron chi connectivity index (χ4n) is 3.67. The molecule has 3 N–H and O–H groups in total. The molecule has 1 aliphatic rings. The van der Waals surface area contributed by atoms with Gasteiger partial charge in [0.1, 0.15) is 31.5 Å². The quantitative estimate of drug-likeness (QED) is 0.212. The van der Waals surface area contributed by atoms with Gasteiger partial charge < -0.3 is 30.0 Å². The summed E-state index contributed by atoms with van der Waals surface area (Å²) in [5.41, 5.74) is 0.966. The van der Waals surface area contributed by atoms with Crippen LogP contribution in [0.15, 0.2) is 50.1 Å². The minimum absolute atomic E-state index is 0.000777. The molecule has 1 aliphatic heterocycles. The first kappa shape index (κ1) is 27.7. The number of aryl methyl sites for hydroxylation is 1. The van der Waals surface area contributed by atoms with Crippen molar-refractivity contribution in [3.8, 4) is 5.75 Å². The van der Waals surface area contributed by atoms with Crippen LogP contribution in [0.1, 0.15) is 22.3 Å². The molecule has 0 bridgehead atoms. The molecule has 1 aromatic rings. The number of amides is 1. The third-order valence-electron chi connectivity index (χ3n) is 5.32. The lowest BCUT2D eigenvalue weighted by Crippen LogP contribution is -2.36. The van der Waals surface area contributed by atoms with E-state index in [2.05, 4.69) is 30.4 Å². The van der Waals surface area contributed by atoms with Crippen LogP contribution in [0.5, 0.6) is 5.75 Å². The van der Waals surface area contributed by atoms with Crippen molar-refractivity contribution in [2.45, 2.75) is 19.4 Å². The first-order chi connectivity index (χ1) is 16.7. The third kappa shape index (κ3) is 7.24. The summed E-state index contributed by atoms with van der Waals surface area (Å²) >= 11 is 4.86. The maximum atomic E-state index is 13.2. The van der Waals surface area contributed by atoms with E-state index in [4.69, 9.17) is 26.4 Å². The third-order valence-corrected chi connectivity index (χ3v) is 5.57. The Morgan fingerprint density at radius 1 is 1.17 bits per heavy atom. The number of rotatable bonds is 13. The van der Waals surface area contributed by atoms with Crippen LogP contribution in [0, 0.1) is 18.8 Å². The lowest BCUT2D eigenvalue weighted by molar-refractivity contribution is -0.146. The number of aliphatic hydroxyl groups is 1. The number of carbonyl (C=O) groups is 3. The van der Waals surface area contributed by atoms with Gasteiger partial charge in [-0.05, 0) is 43.1 Å². The van der Waals surface area contributed by atoms with Crippen LogP contribution in [0.25, 0.3) is 0 Å². The minimum Gasteiger partial charge on any atom is -0.501 e. The highest BCUT2D eigenvalue weighted by molar-refractivity contribution is 7.80. The Hall–Kier alpha value is -3.50. The standard InChI is InChI=1S/C25H30N2O7S/c1-5-10-32-21-15(4)8-9-17(23(29)33-11-6-2)20(21)27-22(28)18-13-16(14-26-18)19(25(31)35)24(30)34-12-7-3/h5-9,16,18-19,26H,1-3,10-14H2,4H3,(H,27,28)(H,31,35)/t16-,18?,19+/m1/s1. The number of thiocarbonyl (C=S) groups is 1. The molecule has 0 saturated carbocycles. The molecule has 188 valence electrons. The average molecular weight is 503 g/mol. The summed E-state index contributed by atoms with van der Waals surface area (Å²) in [4.78, 5) is 38.2. The Morgan fingerprint density at radius 2 is 1.83 bits per heavy atom. The Labute approximate surface area is 209 Å². The number of carbonyl (C=O) groups excluding carboxylic acids is 3. The van der Waals surface area contributed by atoms with E-state index >= 15 is 0 Å². The molecule has 2 rings (SSSR count). The summed E-state index contributed by atoms with van der Waals surface area (Å²) < 4.78 is 15.9. The maximum absolute atomic E-state index is 13.2. The zero-order chi connectivity index (χ0) is 26.0. The van der Waals surface area contributed by atoms with Gasteiger partial charge in [0.05, 0.1) is 17.3 Å². The zero-order valence-electron chi connectivity index (χ0n) is 19.6. The number of nitrogens with one attached hydrogen (secondary N) is 2. The van der Waals surface area contributed by atoms with Gasteiger partial charge in [0.2, 0.25) is 5.91 Å². The molecule has 0 radical (unpaired) electrons. The van der Waals surface area contributed by atoms with E-state index in [1.54, 1.807) is 19.1 Å². The van der Waals surface area contributed by atoms with Crippen molar-refractivity contribution in [3.63, 3.8) is 0 Å². The SMILES string of the molecule is C=CCOC(=O)c1ccc(C)c(OCC=C)c1NC(=O)C1C[C@@H]([C@@H](C(=O)OCC=C)C(O)=S)CN1. The largest absolute Gasteiger partial charge is 0.501 e. The van der Waals surface area contributed by atoms with E-state index < -0.39 is 40.8 Å². The van der Waals surface area contributed by atoms with Crippen LogP contribution < -0.4 is 15.4 Å². The van der Waals surface area contributed by atoms with Crippen LogP contribution in [-0.4, -0.2) is 60.4 Å². The van der Waals surface area contributed by atoms with E-state index in [0.29, 0.717) is 11.3 Å². The molecule has 0 spiro atoms. The average Bonchev–Trinajstić information content (AvgIpc) is 3.30.